The van der Waals surface area contributed by atoms with Gasteiger partial charge in [-0.1, -0.05) is 6.07 Å². The van der Waals surface area contributed by atoms with Crippen molar-refractivity contribution in [3.05, 3.63) is 29.3 Å². The zero-order valence-corrected chi connectivity index (χ0v) is 8.25. The van der Waals surface area contributed by atoms with Crippen LogP contribution in [0.4, 0.5) is 0 Å². The number of carbonyl (C=O) groups is 2. The molecule has 16 heavy (non-hydrogen) atoms. The van der Waals surface area contributed by atoms with Crippen molar-refractivity contribution in [2.75, 3.05) is 0 Å². The maximum atomic E-state index is 10.6. The lowest BCUT2D eigenvalue weighted by atomic mass is 10.0. The average Bonchev–Trinajstić information content (AvgIpc) is 2.16. The molecule has 6 heteroatoms. The van der Waals surface area contributed by atoms with Crippen molar-refractivity contribution >= 4 is 11.9 Å². The van der Waals surface area contributed by atoms with E-state index < -0.39 is 23.7 Å². The van der Waals surface area contributed by atoms with Gasteiger partial charge in [-0.05, 0) is 24.1 Å². The summed E-state index contributed by atoms with van der Waals surface area (Å²) >= 11 is 0. The molecule has 0 aliphatic heterocycles. The highest BCUT2D eigenvalue weighted by molar-refractivity contribution is 5.90. The molecule has 1 aromatic carbocycles. The molecule has 0 heterocycles. The highest BCUT2D eigenvalue weighted by Gasteiger charge is 2.14. The number of phenols is 1. The fraction of sp³-hybridized carbons (Fsp3) is 0.200. The summed E-state index contributed by atoms with van der Waals surface area (Å²) in [5.41, 5.74) is 5.54. The van der Waals surface area contributed by atoms with Crippen LogP contribution in [-0.4, -0.2) is 33.3 Å². The molecule has 86 valence electrons. The molecule has 0 aromatic heterocycles. The lowest BCUT2D eigenvalue weighted by molar-refractivity contribution is -0.138. The van der Waals surface area contributed by atoms with Gasteiger partial charge in [0.1, 0.15) is 17.4 Å². The third-order valence-electron chi connectivity index (χ3n) is 2.07. The van der Waals surface area contributed by atoms with Gasteiger partial charge in [0, 0.05) is 0 Å². The van der Waals surface area contributed by atoms with Crippen LogP contribution in [0.5, 0.6) is 5.75 Å². The van der Waals surface area contributed by atoms with E-state index in [1.54, 1.807) is 0 Å². The quantitative estimate of drug-likeness (QED) is 0.574. The first-order valence-corrected chi connectivity index (χ1v) is 4.45. The number of rotatable bonds is 4. The van der Waals surface area contributed by atoms with Crippen LogP contribution in [-0.2, 0) is 11.2 Å². The molecular weight excluding hydrogens is 214 g/mol. The van der Waals surface area contributed by atoms with Gasteiger partial charge in [0.25, 0.3) is 0 Å². The normalized spacial score (nSPS) is 12.1. The zero-order valence-electron chi connectivity index (χ0n) is 8.25. The number of carboxylic acids is 2. The third kappa shape index (κ3) is 2.71. The fourth-order valence-corrected chi connectivity index (χ4v) is 1.23. The van der Waals surface area contributed by atoms with Crippen LogP contribution in [0.1, 0.15) is 15.9 Å². The highest BCUT2D eigenvalue weighted by atomic mass is 16.4. The monoisotopic (exact) mass is 225 g/mol. The van der Waals surface area contributed by atoms with E-state index in [-0.39, 0.29) is 12.0 Å². The number of aromatic hydroxyl groups is 1. The van der Waals surface area contributed by atoms with Gasteiger partial charge < -0.3 is 21.1 Å². The van der Waals surface area contributed by atoms with E-state index in [1.165, 1.54) is 18.2 Å². The summed E-state index contributed by atoms with van der Waals surface area (Å²) in [7, 11) is 0. The molecule has 0 aliphatic rings. The topological polar surface area (TPSA) is 121 Å². The SMILES string of the molecule is NC(Cc1ccc(C(=O)O)c(O)c1)C(=O)O. The van der Waals surface area contributed by atoms with Crippen LogP contribution in [0.15, 0.2) is 18.2 Å². The molecule has 0 spiro atoms. The van der Waals surface area contributed by atoms with Crippen LogP contribution in [0.2, 0.25) is 0 Å². The van der Waals surface area contributed by atoms with Crippen LogP contribution in [0, 0.1) is 0 Å². The van der Waals surface area contributed by atoms with Crippen molar-refractivity contribution < 1.29 is 24.9 Å². The Morgan fingerprint density at radius 1 is 1.31 bits per heavy atom. The van der Waals surface area contributed by atoms with E-state index in [4.69, 9.17) is 15.9 Å². The van der Waals surface area contributed by atoms with Crippen molar-refractivity contribution in [3.63, 3.8) is 0 Å². The van der Waals surface area contributed by atoms with E-state index in [0.29, 0.717) is 5.56 Å². The van der Waals surface area contributed by atoms with E-state index in [2.05, 4.69) is 0 Å². The van der Waals surface area contributed by atoms with Gasteiger partial charge >= 0.3 is 11.9 Å². The van der Waals surface area contributed by atoms with Gasteiger partial charge in [0.2, 0.25) is 0 Å². The summed E-state index contributed by atoms with van der Waals surface area (Å²) in [6, 6.07) is 2.76. The van der Waals surface area contributed by atoms with Crippen LogP contribution >= 0.6 is 0 Å². The molecule has 0 amide bonds. The number of aliphatic carboxylic acids is 1. The molecule has 0 fully saturated rings. The van der Waals surface area contributed by atoms with Crippen LogP contribution in [0.3, 0.4) is 0 Å². The minimum Gasteiger partial charge on any atom is -0.507 e. The van der Waals surface area contributed by atoms with Gasteiger partial charge in [-0.15, -0.1) is 0 Å². The summed E-state index contributed by atoms with van der Waals surface area (Å²) in [4.78, 5) is 21.1. The predicted molar refractivity (Wildman–Crippen MR) is 54.4 cm³/mol. The van der Waals surface area contributed by atoms with Crippen molar-refractivity contribution in [2.24, 2.45) is 5.73 Å². The van der Waals surface area contributed by atoms with Crippen molar-refractivity contribution in [1.29, 1.82) is 0 Å². The molecule has 1 unspecified atom stereocenters. The Morgan fingerprint density at radius 2 is 1.94 bits per heavy atom. The molecule has 1 atom stereocenters. The lowest BCUT2D eigenvalue weighted by Gasteiger charge is -2.07. The van der Waals surface area contributed by atoms with Crippen molar-refractivity contribution in [1.82, 2.24) is 0 Å². The molecule has 1 rings (SSSR count). The molecule has 5 N–H and O–H groups in total. The molecular formula is C10H11NO5. The maximum absolute atomic E-state index is 10.6. The number of nitrogens with two attached hydrogens (primary N) is 1. The first-order chi connectivity index (χ1) is 7.41. The standard InChI is InChI=1S/C10H11NO5/c11-7(10(15)16)3-5-1-2-6(9(13)14)8(12)4-5/h1-2,4,7,12H,3,11H2,(H,13,14)(H,15,16). The Hall–Kier alpha value is -2.08. The Balaban J connectivity index is 2.89. The van der Waals surface area contributed by atoms with Gasteiger partial charge in [-0.25, -0.2) is 4.79 Å². The van der Waals surface area contributed by atoms with Crippen molar-refractivity contribution in [3.8, 4) is 5.75 Å². The zero-order chi connectivity index (χ0) is 12.3. The number of carboxylic acid groups (broad SMARTS) is 2. The van der Waals surface area contributed by atoms with Gasteiger partial charge in [0.15, 0.2) is 0 Å². The Kier molecular flexibility index (Phi) is 3.47. The largest absolute Gasteiger partial charge is 0.507 e. The molecule has 1 aromatic rings. The summed E-state index contributed by atoms with van der Waals surface area (Å²) in [6.45, 7) is 0. The summed E-state index contributed by atoms with van der Waals surface area (Å²) in [5.74, 6) is -2.80. The van der Waals surface area contributed by atoms with E-state index >= 15 is 0 Å². The van der Waals surface area contributed by atoms with Gasteiger partial charge in [-0.3, -0.25) is 4.79 Å². The van der Waals surface area contributed by atoms with Crippen LogP contribution in [0.25, 0.3) is 0 Å². The summed E-state index contributed by atoms with van der Waals surface area (Å²) < 4.78 is 0. The smallest absolute Gasteiger partial charge is 0.339 e. The maximum Gasteiger partial charge on any atom is 0.339 e. The molecule has 0 bridgehead atoms. The summed E-state index contributed by atoms with van der Waals surface area (Å²) in [6.07, 6.45) is 0.0305. The fourth-order valence-electron chi connectivity index (χ4n) is 1.23. The highest BCUT2D eigenvalue weighted by Crippen LogP contribution is 2.19. The third-order valence-corrected chi connectivity index (χ3v) is 2.07. The number of hydrogen-bond acceptors (Lipinski definition) is 4. The number of aromatic carboxylic acids is 1. The average molecular weight is 225 g/mol. The van der Waals surface area contributed by atoms with E-state index in [0.717, 1.165) is 0 Å². The second-order valence-electron chi connectivity index (χ2n) is 3.31. The van der Waals surface area contributed by atoms with E-state index in [1.807, 2.05) is 0 Å². The second kappa shape index (κ2) is 4.63. The Labute approximate surface area is 90.9 Å². The molecule has 6 nitrogen and oxygen atoms in total. The molecule has 0 saturated carbocycles. The molecule has 0 aliphatic carbocycles. The minimum absolute atomic E-state index is 0.0305. The van der Waals surface area contributed by atoms with Crippen molar-refractivity contribution in [2.45, 2.75) is 12.5 Å². The molecule has 0 radical (unpaired) electrons. The Morgan fingerprint density at radius 3 is 2.38 bits per heavy atom. The first-order valence-electron chi connectivity index (χ1n) is 4.45. The minimum atomic E-state index is -1.24. The number of hydrogen-bond donors (Lipinski definition) is 4. The second-order valence-corrected chi connectivity index (χ2v) is 3.31. The van der Waals surface area contributed by atoms with Crippen LogP contribution < -0.4 is 5.73 Å². The van der Waals surface area contributed by atoms with Gasteiger partial charge in [-0.2, -0.15) is 0 Å². The van der Waals surface area contributed by atoms with Gasteiger partial charge in [0.05, 0.1) is 0 Å². The first kappa shape index (κ1) is 12.0. The number of benzene rings is 1. The predicted octanol–water partition coefficient (Wildman–Crippen LogP) is 0.0448. The summed E-state index contributed by atoms with van der Waals surface area (Å²) in [5, 5.41) is 26.6. The molecule has 0 saturated heterocycles. The van der Waals surface area contributed by atoms with E-state index in [9.17, 15) is 14.7 Å². The Bertz CT molecular complexity index is 429. The lowest BCUT2D eigenvalue weighted by Crippen LogP contribution is -2.32.